The van der Waals surface area contributed by atoms with E-state index in [2.05, 4.69) is 22.8 Å². The zero-order valence-electron chi connectivity index (χ0n) is 12.4. The van der Waals surface area contributed by atoms with Gasteiger partial charge in [-0.05, 0) is 43.4 Å². The van der Waals surface area contributed by atoms with Crippen molar-refractivity contribution in [1.29, 1.82) is 0 Å². The molecule has 2 amide bonds. The van der Waals surface area contributed by atoms with Crippen LogP contribution in [0.3, 0.4) is 0 Å². The third-order valence-electron chi connectivity index (χ3n) is 4.15. The van der Waals surface area contributed by atoms with Crippen LogP contribution in [0.2, 0.25) is 0 Å². The summed E-state index contributed by atoms with van der Waals surface area (Å²) in [7, 11) is 0. The van der Waals surface area contributed by atoms with Gasteiger partial charge in [0, 0.05) is 5.69 Å². The number of hydrogen-bond donors (Lipinski definition) is 2. The second-order valence-corrected chi connectivity index (χ2v) is 5.79. The molecule has 0 heterocycles. The number of para-hydroxylation sites is 1. The van der Waals surface area contributed by atoms with E-state index >= 15 is 0 Å². The first-order chi connectivity index (χ1) is 10.1. The highest BCUT2D eigenvalue weighted by molar-refractivity contribution is 5.91. The van der Waals surface area contributed by atoms with Crippen LogP contribution in [0.25, 0.3) is 0 Å². The Kier molecular flexibility index (Phi) is 3.42. The zero-order valence-corrected chi connectivity index (χ0v) is 12.4. The van der Waals surface area contributed by atoms with Crippen LogP contribution in [-0.2, 0) is 5.54 Å². The van der Waals surface area contributed by atoms with Gasteiger partial charge in [-0.1, -0.05) is 48.5 Å². The first-order valence-corrected chi connectivity index (χ1v) is 7.32. The molecule has 0 bridgehead atoms. The highest BCUT2D eigenvalue weighted by Crippen LogP contribution is 2.45. The maximum absolute atomic E-state index is 12.3. The number of hydrogen-bond acceptors (Lipinski definition) is 1. The number of carbonyl (C=O) groups excluding carboxylic acids is 1. The second-order valence-electron chi connectivity index (χ2n) is 5.79. The minimum atomic E-state index is -0.179. The molecule has 1 aliphatic rings. The molecular weight excluding hydrogens is 260 g/mol. The van der Waals surface area contributed by atoms with E-state index in [1.165, 1.54) is 5.56 Å². The topological polar surface area (TPSA) is 41.1 Å². The number of anilines is 1. The van der Waals surface area contributed by atoms with Gasteiger partial charge in [-0.25, -0.2) is 4.79 Å². The lowest BCUT2D eigenvalue weighted by Crippen LogP contribution is -2.38. The Morgan fingerprint density at radius 3 is 2.14 bits per heavy atom. The van der Waals surface area contributed by atoms with Crippen LogP contribution in [0, 0.1) is 13.8 Å². The van der Waals surface area contributed by atoms with Gasteiger partial charge in [0.1, 0.15) is 0 Å². The molecule has 0 spiro atoms. The molecule has 0 aliphatic heterocycles. The van der Waals surface area contributed by atoms with Gasteiger partial charge in [-0.15, -0.1) is 0 Å². The molecule has 0 unspecified atom stereocenters. The van der Waals surface area contributed by atoms with Gasteiger partial charge in [0.2, 0.25) is 0 Å². The van der Waals surface area contributed by atoms with Crippen LogP contribution < -0.4 is 10.6 Å². The molecule has 0 radical (unpaired) electrons. The van der Waals surface area contributed by atoms with Gasteiger partial charge in [-0.3, -0.25) is 0 Å². The van der Waals surface area contributed by atoms with E-state index in [-0.39, 0.29) is 11.6 Å². The summed E-state index contributed by atoms with van der Waals surface area (Å²) in [6, 6.07) is 16.1. The average molecular weight is 280 g/mol. The summed E-state index contributed by atoms with van der Waals surface area (Å²) in [5.74, 6) is 0. The molecule has 3 heteroatoms. The van der Waals surface area contributed by atoms with Crippen molar-refractivity contribution in [3.8, 4) is 0 Å². The summed E-state index contributed by atoms with van der Waals surface area (Å²) in [5.41, 5.74) is 4.06. The molecule has 1 aliphatic carbocycles. The molecule has 2 N–H and O–H groups in total. The Morgan fingerprint density at radius 2 is 1.57 bits per heavy atom. The van der Waals surface area contributed by atoms with Gasteiger partial charge >= 0.3 is 6.03 Å². The predicted octanol–water partition coefficient (Wildman–Crippen LogP) is 4.11. The Labute approximate surface area is 125 Å². The number of rotatable bonds is 3. The standard InChI is InChI=1S/C18H20N2O/c1-13-7-6-8-14(2)16(13)19-17(21)20-18(11-12-18)15-9-4-3-5-10-15/h3-10H,11-12H2,1-2H3,(H2,19,20,21). The number of nitrogens with one attached hydrogen (secondary N) is 2. The first-order valence-electron chi connectivity index (χ1n) is 7.32. The maximum atomic E-state index is 12.3. The lowest BCUT2D eigenvalue weighted by Gasteiger charge is -2.19. The summed E-state index contributed by atoms with van der Waals surface area (Å²) in [5, 5.41) is 6.13. The fourth-order valence-electron chi connectivity index (χ4n) is 2.74. The van der Waals surface area contributed by atoms with Gasteiger partial charge in [0.15, 0.2) is 0 Å². The normalized spacial score (nSPS) is 15.3. The molecule has 2 aromatic carbocycles. The SMILES string of the molecule is Cc1cccc(C)c1NC(=O)NC1(c2ccccc2)CC1. The molecule has 3 nitrogen and oxygen atoms in total. The fraction of sp³-hybridized carbons (Fsp3) is 0.278. The summed E-state index contributed by atoms with van der Waals surface area (Å²) in [6.45, 7) is 4.01. The fourth-order valence-corrected chi connectivity index (χ4v) is 2.74. The van der Waals surface area contributed by atoms with Crippen molar-refractivity contribution in [3.05, 3.63) is 65.2 Å². The second kappa shape index (κ2) is 5.24. The molecule has 0 saturated heterocycles. The predicted molar refractivity (Wildman–Crippen MR) is 85.4 cm³/mol. The van der Waals surface area contributed by atoms with Gasteiger partial charge in [0.25, 0.3) is 0 Å². The first kappa shape index (κ1) is 13.7. The van der Waals surface area contributed by atoms with Crippen molar-refractivity contribution in [3.63, 3.8) is 0 Å². The molecule has 1 saturated carbocycles. The van der Waals surface area contributed by atoms with Crippen LogP contribution in [0.1, 0.15) is 29.5 Å². The monoisotopic (exact) mass is 280 g/mol. The number of urea groups is 1. The smallest absolute Gasteiger partial charge is 0.319 e. The molecule has 0 atom stereocenters. The number of benzene rings is 2. The van der Waals surface area contributed by atoms with Crippen molar-refractivity contribution in [2.45, 2.75) is 32.2 Å². The van der Waals surface area contributed by atoms with Gasteiger partial charge in [0.05, 0.1) is 5.54 Å². The highest BCUT2D eigenvalue weighted by atomic mass is 16.2. The van der Waals surface area contributed by atoms with Crippen molar-refractivity contribution >= 4 is 11.7 Å². The van der Waals surface area contributed by atoms with Crippen molar-refractivity contribution in [1.82, 2.24) is 5.32 Å². The largest absolute Gasteiger partial charge is 0.328 e. The van der Waals surface area contributed by atoms with Crippen LogP contribution >= 0.6 is 0 Å². The van der Waals surface area contributed by atoms with Crippen molar-refractivity contribution in [2.75, 3.05) is 5.32 Å². The molecule has 3 rings (SSSR count). The Hall–Kier alpha value is -2.29. The van der Waals surface area contributed by atoms with Crippen LogP contribution in [0.5, 0.6) is 0 Å². The van der Waals surface area contributed by atoms with E-state index in [9.17, 15) is 4.79 Å². The number of carbonyl (C=O) groups is 1. The molecule has 1 fully saturated rings. The summed E-state index contributed by atoms with van der Waals surface area (Å²) in [6.07, 6.45) is 1.99. The van der Waals surface area contributed by atoms with Crippen molar-refractivity contribution in [2.24, 2.45) is 0 Å². The lowest BCUT2D eigenvalue weighted by atomic mass is 10.1. The molecular formula is C18H20N2O. The van der Waals surface area contributed by atoms with Crippen LogP contribution in [-0.4, -0.2) is 6.03 Å². The zero-order chi connectivity index (χ0) is 14.9. The summed E-state index contributed by atoms with van der Waals surface area (Å²) < 4.78 is 0. The van der Waals surface area contributed by atoms with E-state index in [4.69, 9.17) is 0 Å². The summed E-state index contributed by atoms with van der Waals surface area (Å²) in [4.78, 5) is 12.3. The Balaban J connectivity index is 1.73. The highest BCUT2D eigenvalue weighted by Gasteiger charge is 2.45. The Bertz CT molecular complexity index is 640. The molecule has 108 valence electrons. The van der Waals surface area contributed by atoms with E-state index in [1.54, 1.807) is 0 Å². The number of aryl methyl sites for hydroxylation is 2. The van der Waals surface area contributed by atoms with Crippen LogP contribution in [0.4, 0.5) is 10.5 Å². The van der Waals surface area contributed by atoms with E-state index < -0.39 is 0 Å². The third kappa shape index (κ3) is 2.77. The average Bonchev–Trinajstić information content (AvgIpc) is 3.25. The molecule has 0 aromatic heterocycles. The van der Waals surface area contributed by atoms with Gasteiger partial charge < -0.3 is 10.6 Å². The molecule has 21 heavy (non-hydrogen) atoms. The third-order valence-corrected chi connectivity index (χ3v) is 4.15. The minimum absolute atomic E-state index is 0.131. The van der Waals surface area contributed by atoms with Gasteiger partial charge in [-0.2, -0.15) is 0 Å². The van der Waals surface area contributed by atoms with Crippen LogP contribution in [0.15, 0.2) is 48.5 Å². The van der Waals surface area contributed by atoms with E-state index in [0.717, 1.165) is 29.7 Å². The molecule has 2 aromatic rings. The maximum Gasteiger partial charge on any atom is 0.319 e. The van der Waals surface area contributed by atoms with Crippen molar-refractivity contribution < 1.29 is 4.79 Å². The minimum Gasteiger partial charge on any atom is -0.328 e. The summed E-state index contributed by atoms with van der Waals surface area (Å²) >= 11 is 0. The quantitative estimate of drug-likeness (QED) is 0.872. The van der Waals surface area contributed by atoms with E-state index in [0.29, 0.717) is 0 Å². The van der Waals surface area contributed by atoms with E-state index in [1.807, 2.05) is 50.2 Å². The number of amides is 2. The Morgan fingerprint density at radius 1 is 0.952 bits per heavy atom. The lowest BCUT2D eigenvalue weighted by molar-refractivity contribution is 0.247.